The first-order valence-corrected chi connectivity index (χ1v) is 8.16. The van der Waals surface area contributed by atoms with Crippen molar-refractivity contribution in [3.8, 4) is 0 Å². The van der Waals surface area contributed by atoms with E-state index in [-0.39, 0.29) is 23.4 Å². The van der Waals surface area contributed by atoms with Gasteiger partial charge < -0.3 is 9.88 Å². The minimum Gasteiger partial charge on any atom is -0.322 e. The minimum atomic E-state index is -4.49. The van der Waals surface area contributed by atoms with E-state index in [4.69, 9.17) is 0 Å². The highest BCUT2D eigenvalue weighted by Crippen LogP contribution is 2.29. The molecule has 3 aromatic rings. The van der Waals surface area contributed by atoms with Crippen LogP contribution >= 0.6 is 0 Å². The maximum Gasteiger partial charge on any atom is 0.416 e. The van der Waals surface area contributed by atoms with Gasteiger partial charge in [0.25, 0.3) is 11.5 Å². The van der Waals surface area contributed by atoms with Crippen LogP contribution in [0.25, 0.3) is 0 Å². The van der Waals surface area contributed by atoms with Crippen molar-refractivity contribution in [3.63, 3.8) is 0 Å². The topological polar surface area (TPSA) is 51.1 Å². The molecular formula is C20H14F4N2O2. The van der Waals surface area contributed by atoms with Gasteiger partial charge in [0.2, 0.25) is 0 Å². The van der Waals surface area contributed by atoms with Gasteiger partial charge in [-0.05, 0) is 42.0 Å². The third-order valence-corrected chi connectivity index (χ3v) is 3.94. The molecule has 8 heteroatoms. The SMILES string of the molecule is O=C(Nc1cccc(F)c1)c1ccc(=O)n(Cc2cccc(C(F)(F)F)c2)c1. The fourth-order valence-electron chi connectivity index (χ4n) is 2.60. The van der Waals surface area contributed by atoms with Gasteiger partial charge in [0.15, 0.2) is 0 Å². The number of nitrogens with zero attached hydrogens (tertiary/aromatic N) is 1. The maximum absolute atomic E-state index is 13.2. The molecule has 0 fully saturated rings. The van der Waals surface area contributed by atoms with Crippen LogP contribution in [0.2, 0.25) is 0 Å². The van der Waals surface area contributed by atoms with E-state index >= 15 is 0 Å². The van der Waals surface area contributed by atoms with E-state index in [1.165, 1.54) is 42.6 Å². The zero-order valence-corrected chi connectivity index (χ0v) is 14.3. The summed E-state index contributed by atoms with van der Waals surface area (Å²) in [4.78, 5) is 24.4. The molecule has 1 aromatic heterocycles. The highest BCUT2D eigenvalue weighted by Gasteiger charge is 2.30. The Bertz CT molecular complexity index is 1070. The van der Waals surface area contributed by atoms with Crippen LogP contribution in [0.3, 0.4) is 0 Å². The Morgan fingerprint density at radius 1 is 1.00 bits per heavy atom. The van der Waals surface area contributed by atoms with Crippen LogP contribution in [0.15, 0.2) is 71.7 Å². The van der Waals surface area contributed by atoms with E-state index in [1.54, 1.807) is 0 Å². The van der Waals surface area contributed by atoms with Crippen molar-refractivity contribution in [2.24, 2.45) is 0 Å². The summed E-state index contributed by atoms with van der Waals surface area (Å²) in [6.45, 7) is -0.135. The summed E-state index contributed by atoms with van der Waals surface area (Å²) in [5.41, 5.74) is -0.686. The molecule has 0 atom stereocenters. The fraction of sp³-hybridized carbons (Fsp3) is 0.100. The molecular weight excluding hydrogens is 376 g/mol. The molecule has 0 aliphatic heterocycles. The van der Waals surface area contributed by atoms with Gasteiger partial charge >= 0.3 is 6.18 Å². The van der Waals surface area contributed by atoms with Gasteiger partial charge in [0.1, 0.15) is 5.82 Å². The van der Waals surface area contributed by atoms with E-state index < -0.39 is 29.0 Å². The summed E-state index contributed by atoms with van der Waals surface area (Å²) in [7, 11) is 0. The zero-order chi connectivity index (χ0) is 20.3. The number of amides is 1. The first-order chi connectivity index (χ1) is 13.2. The number of nitrogens with one attached hydrogen (secondary N) is 1. The van der Waals surface area contributed by atoms with Crippen molar-refractivity contribution in [1.29, 1.82) is 0 Å². The van der Waals surface area contributed by atoms with Gasteiger partial charge in [-0.25, -0.2) is 4.39 Å². The molecule has 0 aliphatic carbocycles. The van der Waals surface area contributed by atoms with Gasteiger partial charge in [-0.15, -0.1) is 0 Å². The maximum atomic E-state index is 13.2. The highest BCUT2D eigenvalue weighted by molar-refractivity contribution is 6.04. The zero-order valence-electron chi connectivity index (χ0n) is 14.3. The van der Waals surface area contributed by atoms with Gasteiger partial charge in [-0.1, -0.05) is 18.2 Å². The number of halogens is 4. The van der Waals surface area contributed by atoms with E-state index in [1.807, 2.05) is 0 Å². The average Bonchev–Trinajstić information content (AvgIpc) is 2.63. The smallest absolute Gasteiger partial charge is 0.322 e. The van der Waals surface area contributed by atoms with E-state index in [9.17, 15) is 27.2 Å². The fourth-order valence-corrected chi connectivity index (χ4v) is 2.60. The van der Waals surface area contributed by atoms with Gasteiger partial charge in [-0.2, -0.15) is 13.2 Å². The number of pyridine rings is 1. The van der Waals surface area contributed by atoms with Gasteiger partial charge in [-0.3, -0.25) is 9.59 Å². The number of carbonyl (C=O) groups excluding carboxylic acids is 1. The van der Waals surface area contributed by atoms with E-state index in [0.717, 1.165) is 28.8 Å². The van der Waals surface area contributed by atoms with Crippen LogP contribution in [0, 0.1) is 5.82 Å². The van der Waals surface area contributed by atoms with Crippen molar-refractivity contribution in [2.45, 2.75) is 12.7 Å². The second kappa shape index (κ2) is 7.67. The van der Waals surface area contributed by atoms with Crippen molar-refractivity contribution in [1.82, 2.24) is 4.57 Å². The number of anilines is 1. The van der Waals surface area contributed by atoms with Crippen molar-refractivity contribution < 1.29 is 22.4 Å². The van der Waals surface area contributed by atoms with Crippen LogP contribution in [0.1, 0.15) is 21.5 Å². The van der Waals surface area contributed by atoms with Crippen LogP contribution < -0.4 is 10.9 Å². The second-order valence-electron chi connectivity index (χ2n) is 6.05. The normalized spacial score (nSPS) is 11.3. The molecule has 144 valence electrons. The van der Waals surface area contributed by atoms with Crippen LogP contribution in [-0.2, 0) is 12.7 Å². The Balaban J connectivity index is 1.84. The predicted molar refractivity (Wildman–Crippen MR) is 95.6 cm³/mol. The molecule has 0 spiro atoms. The number of hydrogen-bond donors (Lipinski definition) is 1. The largest absolute Gasteiger partial charge is 0.416 e. The summed E-state index contributed by atoms with van der Waals surface area (Å²) < 4.78 is 52.9. The monoisotopic (exact) mass is 390 g/mol. The minimum absolute atomic E-state index is 0.107. The molecule has 0 unspecified atom stereocenters. The van der Waals surface area contributed by atoms with E-state index in [0.29, 0.717) is 0 Å². The summed E-state index contributed by atoms with van der Waals surface area (Å²) in [5, 5.41) is 2.50. The molecule has 28 heavy (non-hydrogen) atoms. The Morgan fingerprint density at radius 3 is 2.46 bits per heavy atom. The van der Waals surface area contributed by atoms with Crippen molar-refractivity contribution in [2.75, 3.05) is 5.32 Å². The Kier molecular flexibility index (Phi) is 5.30. The molecule has 0 radical (unpaired) electrons. The summed E-state index contributed by atoms with van der Waals surface area (Å²) in [6, 6.07) is 12.3. The molecule has 4 nitrogen and oxygen atoms in total. The van der Waals surface area contributed by atoms with Crippen molar-refractivity contribution >= 4 is 11.6 Å². The lowest BCUT2D eigenvalue weighted by Crippen LogP contribution is -2.22. The highest BCUT2D eigenvalue weighted by atomic mass is 19.4. The summed E-state index contributed by atoms with van der Waals surface area (Å²) in [5.74, 6) is -1.10. The van der Waals surface area contributed by atoms with Crippen molar-refractivity contribution in [3.05, 3.63) is 99.7 Å². The standard InChI is InChI=1S/C20H14F4N2O2/c21-16-5-2-6-17(10-16)25-19(28)14-7-8-18(27)26(12-14)11-13-3-1-4-15(9-13)20(22,23)24/h1-10,12H,11H2,(H,25,28). The lowest BCUT2D eigenvalue weighted by Gasteiger charge is -2.11. The van der Waals surface area contributed by atoms with Gasteiger partial charge in [0, 0.05) is 18.0 Å². The molecule has 0 bridgehead atoms. The first-order valence-electron chi connectivity index (χ1n) is 8.16. The number of rotatable bonds is 4. The Labute approximate surface area is 157 Å². The van der Waals surface area contributed by atoms with Gasteiger partial charge in [0.05, 0.1) is 17.7 Å². The number of aromatic nitrogens is 1. The Hall–Kier alpha value is -3.42. The van der Waals surface area contributed by atoms with E-state index in [2.05, 4.69) is 5.32 Å². The molecule has 1 heterocycles. The molecule has 1 N–H and O–H groups in total. The number of carbonyl (C=O) groups is 1. The number of hydrogen-bond acceptors (Lipinski definition) is 2. The summed E-state index contributed by atoms with van der Waals surface area (Å²) in [6.07, 6.45) is -3.25. The molecule has 3 rings (SSSR count). The molecule has 0 saturated heterocycles. The number of alkyl halides is 3. The third-order valence-electron chi connectivity index (χ3n) is 3.94. The molecule has 0 aliphatic rings. The molecule has 2 aromatic carbocycles. The third kappa shape index (κ3) is 4.64. The molecule has 0 saturated carbocycles. The number of benzene rings is 2. The second-order valence-corrected chi connectivity index (χ2v) is 6.05. The lowest BCUT2D eigenvalue weighted by molar-refractivity contribution is -0.137. The van der Waals surface area contributed by atoms with Crippen LogP contribution in [-0.4, -0.2) is 10.5 Å². The molecule has 1 amide bonds. The predicted octanol–water partition coefficient (Wildman–Crippen LogP) is 4.31. The summed E-state index contributed by atoms with van der Waals surface area (Å²) >= 11 is 0. The average molecular weight is 390 g/mol. The quantitative estimate of drug-likeness (QED) is 0.675. The van der Waals surface area contributed by atoms with Crippen LogP contribution in [0.4, 0.5) is 23.2 Å². The first kappa shape index (κ1) is 19.3. The van der Waals surface area contributed by atoms with Crippen LogP contribution in [0.5, 0.6) is 0 Å². The lowest BCUT2D eigenvalue weighted by atomic mass is 10.1. The Morgan fingerprint density at radius 2 is 1.75 bits per heavy atom.